The van der Waals surface area contributed by atoms with E-state index in [0.717, 1.165) is 22.5 Å². The van der Waals surface area contributed by atoms with Crippen molar-refractivity contribution in [3.8, 4) is 0 Å². The van der Waals surface area contributed by atoms with Crippen LogP contribution < -0.4 is 9.62 Å². The number of benzene rings is 2. The molecule has 1 N–H and O–H groups in total. The number of carbonyl (C=O) groups is 2. The molecule has 2 rings (SSSR count). The lowest BCUT2D eigenvalue weighted by atomic mass is 10.1. The van der Waals surface area contributed by atoms with Crippen LogP contribution in [0.5, 0.6) is 0 Å². The topological polar surface area (TPSA) is 86.8 Å². The van der Waals surface area contributed by atoms with Crippen LogP contribution in [0.3, 0.4) is 0 Å². The zero-order valence-electron chi connectivity index (χ0n) is 21.4. The minimum Gasteiger partial charge on any atom is -0.354 e. The first-order chi connectivity index (χ1) is 16.9. The Balaban J connectivity index is 2.47. The van der Waals surface area contributed by atoms with Gasteiger partial charge in [-0.1, -0.05) is 69.1 Å². The predicted octanol–water partition coefficient (Wildman–Crippen LogP) is 4.90. The Morgan fingerprint density at radius 2 is 1.58 bits per heavy atom. The molecule has 1 atom stereocenters. The van der Waals surface area contributed by atoms with Crippen molar-refractivity contribution < 1.29 is 18.0 Å². The van der Waals surface area contributed by atoms with Gasteiger partial charge in [0.15, 0.2) is 0 Å². The van der Waals surface area contributed by atoms with E-state index in [4.69, 9.17) is 23.2 Å². The van der Waals surface area contributed by atoms with Crippen molar-refractivity contribution in [1.82, 2.24) is 10.2 Å². The molecule has 2 aromatic carbocycles. The van der Waals surface area contributed by atoms with Crippen molar-refractivity contribution in [2.24, 2.45) is 5.92 Å². The molecule has 0 aliphatic carbocycles. The van der Waals surface area contributed by atoms with Gasteiger partial charge in [0, 0.05) is 28.7 Å². The Hall–Kier alpha value is -2.29. The number of rotatable bonds is 12. The molecule has 0 spiro atoms. The average molecular weight is 557 g/mol. The van der Waals surface area contributed by atoms with Gasteiger partial charge in [-0.15, -0.1) is 0 Å². The van der Waals surface area contributed by atoms with Crippen LogP contribution in [-0.4, -0.2) is 50.5 Å². The molecule has 2 aromatic rings. The number of hydrogen-bond acceptors (Lipinski definition) is 4. The van der Waals surface area contributed by atoms with Gasteiger partial charge in [-0.3, -0.25) is 13.9 Å². The highest BCUT2D eigenvalue weighted by molar-refractivity contribution is 7.92. The van der Waals surface area contributed by atoms with E-state index in [1.54, 1.807) is 37.3 Å². The summed E-state index contributed by atoms with van der Waals surface area (Å²) in [6.45, 7) is 7.68. The summed E-state index contributed by atoms with van der Waals surface area (Å²) in [5.74, 6) is -0.635. The van der Waals surface area contributed by atoms with Crippen LogP contribution in [0.2, 0.25) is 10.0 Å². The summed E-state index contributed by atoms with van der Waals surface area (Å²) in [5, 5.41) is 3.59. The molecule has 0 fully saturated rings. The summed E-state index contributed by atoms with van der Waals surface area (Å²) < 4.78 is 26.4. The molecule has 1 unspecified atom stereocenters. The van der Waals surface area contributed by atoms with Crippen molar-refractivity contribution in [2.45, 2.75) is 53.1 Å². The van der Waals surface area contributed by atoms with Gasteiger partial charge in [0.25, 0.3) is 0 Å². The molecular weight excluding hydrogens is 521 g/mol. The number of nitrogens with one attached hydrogen (secondary N) is 1. The number of carbonyl (C=O) groups excluding carboxylic acids is 2. The minimum absolute atomic E-state index is 0.0443. The molecule has 0 heterocycles. The van der Waals surface area contributed by atoms with Gasteiger partial charge < -0.3 is 10.2 Å². The summed E-state index contributed by atoms with van der Waals surface area (Å²) in [6.07, 6.45) is 2.17. The van der Waals surface area contributed by atoms with Gasteiger partial charge in [0.1, 0.15) is 12.6 Å². The van der Waals surface area contributed by atoms with Crippen LogP contribution in [0, 0.1) is 5.92 Å². The largest absolute Gasteiger partial charge is 0.354 e. The second kappa shape index (κ2) is 13.3. The van der Waals surface area contributed by atoms with Crippen molar-refractivity contribution >= 4 is 50.7 Å². The zero-order chi connectivity index (χ0) is 27.0. The third-order valence-corrected chi connectivity index (χ3v) is 7.62. The van der Waals surface area contributed by atoms with Crippen LogP contribution >= 0.6 is 23.2 Å². The standard InChI is InChI=1S/C26H35Cl2N3O4S/c1-6-19-11-13-20(14-12-19)31(36(5,34)35)17-25(32)30(16-21-22(27)9-8-10-23(21)28)24(7-2)26(33)29-15-18(3)4/h8-14,18,24H,6-7,15-17H2,1-5H3,(H,29,33). The summed E-state index contributed by atoms with van der Waals surface area (Å²) in [4.78, 5) is 28.2. The smallest absolute Gasteiger partial charge is 0.244 e. The van der Waals surface area contributed by atoms with E-state index in [2.05, 4.69) is 5.32 Å². The first kappa shape index (κ1) is 29.9. The average Bonchev–Trinajstić information content (AvgIpc) is 2.82. The van der Waals surface area contributed by atoms with Gasteiger partial charge in [-0.25, -0.2) is 8.42 Å². The summed E-state index contributed by atoms with van der Waals surface area (Å²) in [6, 6.07) is 11.2. The number of nitrogens with zero attached hydrogens (tertiary/aromatic N) is 2. The first-order valence-electron chi connectivity index (χ1n) is 12.0. The normalized spacial score (nSPS) is 12.3. The molecule has 0 bridgehead atoms. The highest BCUT2D eigenvalue weighted by atomic mass is 35.5. The number of aryl methyl sites for hydroxylation is 1. The molecule has 198 valence electrons. The number of anilines is 1. The lowest BCUT2D eigenvalue weighted by Crippen LogP contribution is -2.52. The van der Waals surface area contributed by atoms with Gasteiger partial charge in [-0.05, 0) is 48.6 Å². The summed E-state index contributed by atoms with van der Waals surface area (Å²) in [5.41, 5.74) is 1.90. The maximum absolute atomic E-state index is 13.7. The van der Waals surface area contributed by atoms with E-state index in [-0.39, 0.29) is 18.4 Å². The minimum atomic E-state index is -3.80. The molecule has 0 radical (unpaired) electrons. The van der Waals surface area contributed by atoms with E-state index in [1.165, 1.54) is 4.90 Å². The Labute approximate surface area is 224 Å². The number of halogens is 2. The maximum Gasteiger partial charge on any atom is 0.244 e. The molecule has 36 heavy (non-hydrogen) atoms. The van der Waals surface area contributed by atoms with Crippen LogP contribution in [0.4, 0.5) is 5.69 Å². The van der Waals surface area contributed by atoms with Crippen molar-refractivity contribution in [3.05, 3.63) is 63.6 Å². The van der Waals surface area contributed by atoms with Crippen LogP contribution in [0.15, 0.2) is 42.5 Å². The lowest BCUT2D eigenvalue weighted by molar-refractivity contribution is -0.140. The molecule has 10 heteroatoms. The Morgan fingerprint density at radius 1 is 1.00 bits per heavy atom. The number of hydrogen-bond donors (Lipinski definition) is 1. The lowest BCUT2D eigenvalue weighted by Gasteiger charge is -2.33. The maximum atomic E-state index is 13.7. The van der Waals surface area contributed by atoms with Gasteiger partial charge in [-0.2, -0.15) is 0 Å². The van der Waals surface area contributed by atoms with Gasteiger partial charge >= 0.3 is 0 Å². The van der Waals surface area contributed by atoms with Gasteiger partial charge in [0.2, 0.25) is 21.8 Å². The molecule has 7 nitrogen and oxygen atoms in total. The fourth-order valence-corrected chi connectivity index (χ4v) is 5.07. The Kier molecular flexibility index (Phi) is 11.1. The second-order valence-electron chi connectivity index (χ2n) is 9.07. The van der Waals surface area contributed by atoms with Crippen molar-refractivity contribution in [2.75, 3.05) is 23.7 Å². The SMILES string of the molecule is CCc1ccc(N(CC(=O)N(Cc2c(Cl)cccc2Cl)C(CC)C(=O)NCC(C)C)S(C)(=O)=O)cc1. The molecule has 0 aromatic heterocycles. The highest BCUT2D eigenvalue weighted by Crippen LogP contribution is 2.27. The Morgan fingerprint density at radius 3 is 2.06 bits per heavy atom. The molecule has 0 aliphatic heterocycles. The van der Waals surface area contributed by atoms with Crippen LogP contribution in [-0.2, 0) is 32.6 Å². The van der Waals surface area contributed by atoms with Gasteiger partial charge in [0.05, 0.1) is 11.9 Å². The third kappa shape index (κ3) is 8.11. The number of amides is 2. The second-order valence-corrected chi connectivity index (χ2v) is 11.8. The molecule has 2 amide bonds. The molecular formula is C26H35Cl2N3O4S. The fourth-order valence-electron chi connectivity index (χ4n) is 3.71. The summed E-state index contributed by atoms with van der Waals surface area (Å²) in [7, 11) is -3.80. The highest BCUT2D eigenvalue weighted by Gasteiger charge is 2.32. The van der Waals surface area contributed by atoms with Crippen molar-refractivity contribution in [3.63, 3.8) is 0 Å². The first-order valence-corrected chi connectivity index (χ1v) is 14.6. The number of sulfonamides is 1. The quantitative estimate of drug-likeness (QED) is 0.403. The van der Waals surface area contributed by atoms with Crippen LogP contribution in [0.25, 0.3) is 0 Å². The van der Waals surface area contributed by atoms with Crippen molar-refractivity contribution in [1.29, 1.82) is 0 Å². The molecule has 0 saturated carbocycles. The Bertz CT molecular complexity index is 1130. The third-order valence-electron chi connectivity index (χ3n) is 5.77. The molecule has 0 saturated heterocycles. The predicted molar refractivity (Wildman–Crippen MR) is 147 cm³/mol. The van der Waals surface area contributed by atoms with E-state index < -0.39 is 28.5 Å². The van der Waals surface area contributed by atoms with E-state index >= 15 is 0 Å². The fraction of sp³-hybridized carbons (Fsp3) is 0.462. The monoisotopic (exact) mass is 555 g/mol. The molecule has 0 aliphatic rings. The summed E-state index contributed by atoms with van der Waals surface area (Å²) >= 11 is 12.8. The van der Waals surface area contributed by atoms with E-state index in [0.29, 0.717) is 34.3 Å². The van der Waals surface area contributed by atoms with Crippen LogP contribution in [0.1, 0.15) is 45.2 Å². The van der Waals surface area contributed by atoms with E-state index in [1.807, 2.05) is 32.9 Å². The zero-order valence-corrected chi connectivity index (χ0v) is 23.8. The van der Waals surface area contributed by atoms with E-state index in [9.17, 15) is 18.0 Å².